The zero-order chi connectivity index (χ0) is 20.6. The highest BCUT2D eigenvalue weighted by atomic mass is 127. The van der Waals surface area contributed by atoms with Crippen LogP contribution in [-0.4, -0.2) is 54.9 Å². The second kappa shape index (κ2) is 11.8. The number of guanidine groups is 1. The molecule has 0 saturated carbocycles. The number of carbonyl (C=O) groups excluding carboxylic acids is 1. The summed E-state index contributed by atoms with van der Waals surface area (Å²) in [5.74, 6) is 1.53. The van der Waals surface area contributed by atoms with Crippen molar-refractivity contribution in [2.75, 3.05) is 38.2 Å². The molecule has 3 rings (SSSR count). The summed E-state index contributed by atoms with van der Waals surface area (Å²) in [6, 6.07) is 9.74. The zero-order valence-corrected chi connectivity index (χ0v) is 20.2. The number of rotatable bonds is 8. The van der Waals surface area contributed by atoms with Crippen molar-refractivity contribution < 1.29 is 9.53 Å². The van der Waals surface area contributed by atoms with E-state index < -0.39 is 0 Å². The first-order valence-electron chi connectivity index (χ1n) is 10.1. The lowest BCUT2D eigenvalue weighted by Gasteiger charge is -2.29. The van der Waals surface area contributed by atoms with Gasteiger partial charge in [0.2, 0.25) is 0 Å². The van der Waals surface area contributed by atoms with Gasteiger partial charge in [0.1, 0.15) is 5.75 Å². The van der Waals surface area contributed by atoms with Crippen LogP contribution in [0.25, 0.3) is 0 Å². The molecule has 2 N–H and O–H groups in total. The molecule has 0 atom stereocenters. The number of anilines is 1. The number of hydrogen-bond donors (Lipinski definition) is 2. The van der Waals surface area contributed by atoms with Gasteiger partial charge in [0, 0.05) is 38.9 Å². The quantitative estimate of drug-likeness (QED) is 0.239. The summed E-state index contributed by atoms with van der Waals surface area (Å²) in [6.45, 7) is 7.24. The van der Waals surface area contributed by atoms with E-state index in [9.17, 15) is 4.79 Å². The average molecular weight is 526 g/mol. The Morgan fingerprint density at radius 2 is 1.87 bits per heavy atom. The summed E-state index contributed by atoms with van der Waals surface area (Å²) in [7, 11) is 1.76. The van der Waals surface area contributed by atoms with Gasteiger partial charge in [-0.25, -0.2) is 0 Å². The summed E-state index contributed by atoms with van der Waals surface area (Å²) in [6.07, 6.45) is 1.77. The lowest BCUT2D eigenvalue weighted by molar-refractivity contribution is -0.121. The molecule has 164 valence electrons. The minimum absolute atomic E-state index is 0. The summed E-state index contributed by atoms with van der Waals surface area (Å²) in [5, 5.41) is 11.1. The first-order chi connectivity index (χ1) is 14.1. The van der Waals surface area contributed by atoms with Crippen LogP contribution < -0.4 is 20.3 Å². The number of nitrogens with zero attached hydrogens (tertiary/aromatic N) is 4. The van der Waals surface area contributed by atoms with Crippen molar-refractivity contribution in [3.8, 4) is 5.75 Å². The van der Waals surface area contributed by atoms with Crippen molar-refractivity contribution in [3.05, 3.63) is 41.7 Å². The van der Waals surface area contributed by atoms with Crippen LogP contribution in [0.2, 0.25) is 0 Å². The maximum atomic E-state index is 12.2. The standard InChI is InChI=1S/C21H30N6O2.HI/c1-16-14-17(2)27(25-16)13-7-11-24-21(22-3)23-10-6-12-26-18-8-4-5-9-19(18)29-15-20(26)28;/h4-5,8-9,14H,6-7,10-13,15H2,1-3H3,(H2,22,23,24);1H. The number of benzene rings is 1. The van der Waals surface area contributed by atoms with E-state index in [0.717, 1.165) is 55.6 Å². The normalized spacial score (nSPS) is 13.4. The number of nitrogens with one attached hydrogen (secondary N) is 2. The van der Waals surface area contributed by atoms with Crippen LogP contribution in [0.1, 0.15) is 24.2 Å². The second-order valence-electron chi connectivity index (χ2n) is 7.08. The molecular weight excluding hydrogens is 495 g/mol. The Kier molecular flexibility index (Phi) is 9.41. The van der Waals surface area contributed by atoms with Gasteiger partial charge in [0.15, 0.2) is 12.6 Å². The lowest BCUT2D eigenvalue weighted by Crippen LogP contribution is -2.42. The molecule has 1 aromatic carbocycles. The van der Waals surface area contributed by atoms with E-state index in [1.165, 1.54) is 5.69 Å². The monoisotopic (exact) mass is 526 g/mol. The van der Waals surface area contributed by atoms with E-state index in [1.807, 2.05) is 35.9 Å². The SMILES string of the molecule is CN=C(NCCCN1C(=O)COc2ccccc21)NCCCn1nc(C)cc1C.I. The summed E-state index contributed by atoms with van der Waals surface area (Å²) in [5.41, 5.74) is 3.08. The minimum Gasteiger partial charge on any atom is -0.482 e. The maximum absolute atomic E-state index is 12.2. The number of hydrogen-bond acceptors (Lipinski definition) is 4. The van der Waals surface area contributed by atoms with Crippen molar-refractivity contribution in [2.45, 2.75) is 33.2 Å². The predicted molar refractivity (Wildman–Crippen MR) is 130 cm³/mol. The molecule has 30 heavy (non-hydrogen) atoms. The van der Waals surface area contributed by atoms with E-state index in [1.54, 1.807) is 11.9 Å². The molecule has 1 aliphatic rings. The Morgan fingerprint density at radius 1 is 1.17 bits per heavy atom. The highest BCUT2D eigenvalue weighted by Crippen LogP contribution is 2.31. The van der Waals surface area contributed by atoms with Crippen LogP contribution in [0, 0.1) is 13.8 Å². The summed E-state index contributed by atoms with van der Waals surface area (Å²) >= 11 is 0. The maximum Gasteiger partial charge on any atom is 0.265 e. The Morgan fingerprint density at radius 3 is 2.53 bits per heavy atom. The Hall–Kier alpha value is -2.30. The average Bonchev–Trinajstić information content (AvgIpc) is 3.05. The molecule has 1 aromatic heterocycles. The third-order valence-electron chi connectivity index (χ3n) is 4.83. The molecule has 0 unspecified atom stereocenters. The van der Waals surface area contributed by atoms with Crippen molar-refractivity contribution in [2.24, 2.45) is 4.99 Å². The number of halogens is 1. The van der Waals surface area contributed by atoms with E-state index in [4.69, 9.17) is 4.74 Å². The van der Waals surface area contributed by atoms with Gasteiger partial charge in [0.05, 0.1) is 11.4 Å². The van der Waals surface area contributed by atoms with E-state index in [2.05, 4.69) is 33.7 Å². The molecule has 1 amide bonds. The fourth-order valence-electron chi connectivity index (χ4n) is 3.40. The van der Waals surface area contributed by atoms with Crippen LogP contribution in [0.15, 0.2) is 35.3 Å². The van der Waals surface area contributed by atoms with Gasteiger partial charge in [-0.3, -0.25) is 14.5 Å². The fraction of sp³-hybridized carbons (Fsp3) is 0.476. The largest absolute Gasteiger partial charge is 0.482 e. The Balaban J connectivity index is 0.00000320. The zero-order valence-electron chi connectivity index (χ0n) is 17.9. The van der Waals surface area contributed by atoms with Gasteiger partial charge in [0.25, 0.3) is 5.91 Å². The van der Waals surface area contributed by atoms with Crippen LogP contribution in [-0.2, 0) is 11.3 Å². The lowest BCUT2D eigenvalue weighted by atomic mass is 10.2. The molecule has 0 aliphatic carbocycles. The Bertz CT molecular complexity index is 867. The highest BCUT2D eigenvalue weighted by molar-refractivity contribution is 14.0. The topological polar surface area (TPSA) is 83.8 Å². The predicted octanol–water partition coefficient (Wildman–Crippen LogP) is 2.49. The minimum atomic E-state index is -0.00430. The molecule has 0 radical (unpaired) electrons. The fourth-order valence-corrected chi connectivity index (χ4v) is 3.40. The number of aliphatic imine (C=N–C) groups is 1. The molecule has 2 heterocycles. The van der Waals surface area contributed by atoms with Crippen molar-refractivity contribution >= 4 is 41.5 Å². The third-order valence-corrected chi connectivity index (χ3v) is 4.83. The first kappa shape index (κ1) is 24.0. The van der Waals surface area contributed by atoms with Gasteiger partial charge in [-0.05, 0) is 44.9 Å². The molecule has 1 aliphatic heterocycles. The van der Waals surface area contributed by atoms with Crippen LogP contribution in [0.3, 0.4) is 0 Å². The molecule has 0 saturated heterocycles. The van der Waals surface area contributed by atoms with Crippen LogP contribution in [0.5, 0.6) is 5.75 Å². The van der Waals surface area contributed by atoms with Crippen LogP contribution in [0.4, 0.5) is 5.69 Å². The number of fused-ring (bicyclic) bond motifs is 1. The first-order valence-corrected chi connectivity index (χ1v) is 10.1. The van der Waals surface area contributed by atoms with Gasteiger partial charge >= 0.3 is 0 Å². The van der Waals surface area contributed by atoms with Gasteiger partial charge in [-0.2, -0.15) is 5.10 Å². The van der Waals surface area contributed by atoms with Crippen LogP contribution >= 0.6 is 24.0 Å². The molecule has 0 bridgehead atoms. The third kappa shape index (κ3) is 6.35. The molecule has 2 aromatic rings. The highest BCUT2D eigenvalue weighted by Gasteiger charge is 2.24. The number of ether oxygens (including phenoxy) is 1. The molecule has 0 fully saturated rings. The number of para-hydroxylation sites is 2. The molecule has 8 nitrogen and oxygen atoms in total. The molecular formula is C21H31IN6O2. The Labute approximate surface area is 195 Å². The smallest absolute Gasteiger partial charge is 0.265 e. The number of aromatic nitrogens is 2. The number of carbonyl (C=O) groups is 1. The van der Waals surface area contributed by atoms with E-state index in [0.29, 0.717) is 6.54 Å². The number of amides is 1. The molecule has 0 spiro atoms. The van der Waals surface area contributed by atoms with Gasteiger partial charge in [-0.15, -0.1) is 24.0 Å². The second-order valence-corrected chi connectivity index (χ2v) is 7.08. The van der Waals surface area contributed by atoms with E-state index >= 15 is 0 Å². The van der Waals surface area contributed by atoms with Crippen molar-refractivity contribution in [1.29, 1.82) is 0 Å². The molecule has 9 heteroatoms. The number of aryl methyl sites for hydroxylation is 3. The van der Waals surface area contributed by atoms with Crippen molar-refractivity contribution in [1.82, 2.24) is 20.4 Å². The summed E-state index contributed by atoms with van der Waals surface area (Å²) in [4.78, 5) is 18.3. The van der Waals surface area contributed by atoms with Gasteiger partial charge in [-0.1, -0.05) is 12.1 Å². The van der Waals surface area contributed by atoms with Crippen molar-refractivity contribution in [3.63, 3.8) is 0 Å². The van der Waals surface area contributed by atoms with E-state index in [-0.39, 0.29) is 36.5 Å². The van der Waals surface area contributed by atoms with Gasteiger partial charge < -0.3 is 20.3 Å². The summed E-state index contributed by atoms with van der Waals surface area (Å²) < 4.78 is 7.51.